The van der Waals surface area contributed by atoms with Gasteiger partial charge in [0.05, 0.1) is 17.8 Å². The molecule has 2 rings (SSSR count). The predicted octanol–water partition coefficient (Wildman–Crippen LogP) is 4.05. The van der Waals surface area contributed by atoms with E-state index >= 15 is 0 Å². The van der Waals surface area contributed by atoms with E-state index in [4.69, 9.17) is 16.3 Å². The molecule has 0 saturated carbocycles. The number of hydrogen-bond acceptors (Lipinski definition) is 5. The Morgan fingerprint density at radius 3 is 2.52 bits per heavy atom. The zero-order valence-electron chi connectivity index (χ0n) is 12.6. The Morgan fingerprint density at radius 1 is 1.19 bits per heavy atom. The molecule has 6 heteroatoms. The Kier molecular flexibility index (Phi) is 4.85. The van der Waals surface area contributed by atoms with Crippen molar-refractivity contribution in [3.63, 3.8) is 0 Å². The number of nitrogens with one attached hydrogen (secondary N) is 2. The van der Waals surface area contributed by atoms with Gasteiger partial charge in [0.2, 0.25) is 0 Å². The summed E-state index contributed by atoms with van der Waals surface area (Å²) in [5, 5.41) is 6.97. The number of aromatic nitrogens is 2. The zero-order valence-corrected chi connectivity index (χ0v) is 13.3. The van der Waals surface area contributed by atoms with E-state index in [1.807, 2.05) is 19.2 Å². The van der Waals surface area contributed by atoms with E-state index < -0.39 is 0 Å². The second-order valence-electron chi connectivity index (χ2n) is 4.86. The smallest absolute Gasteiger partial charge is 0.139 e. The van der Waals surface area contributed by atoms with Crippen molar-refractivity contribution in [2.75, 3.05) is 24.8 Å². The first-order valence-corrected chi connectivity index (χ1v) is 7.07. The molecule has 0 radical (unpaired) electrons. The van der Waals surface area contributed by atoms with E-state index in [0.717, 1.165) is 28.6 Å². The average Bonchev–Trinajstić information content (AvgIpc) is 2.48. The molecular formula is C15H19ClN4O. The first-order valence-electron chi connectivity index (χ1n) is 6.70. The minimum atomic E-state index is 0.264. The van der Waals surface area contributed by atoms with E-state index in [2.05, 4.69) is 34.4 Å². The van der Waals surface area contributed by atoms with Crippen LogP contribution >= 0.6 is 11.6 Å². The van der Waals surface area contributed by atoms with Crippen LogP contribution in [-0.2, 0) is 0 Å². The fourth-order valence-electron chi connectivity index (χ4n) is 2.10. The summed E-state index contributed by atoms with van der Waals surface area (Å²) in [6.07, 6.45) is 1.52. The highest BCUT2D eigenvalue weighted by atomic mass is 35.5. The van der Waals surface area contributed by atoms with Gasteiger partial charge >= 0.3 is 0 Å². The molecule has 0 fully saturated rings. The van der Waals surface area contributed by atoms with E-state index in [0.29, 0.717) is 5.02 Å². The molecule has 1 aromatic carbocycles. The van der Waals surface area contributed by atoms with Crippen molar-refractivity contribution >= 4 is 28.9 Å². The third-order valence-electron chi connectivity index (χ3n) is 3.12. The average molecular weight is 307 g/mol. The van der Waals surface area contributed by atoms with Gasteiger partial charge < -0.3 is 15.4 Å². The van der Waals surface area contributed by atoms with Gasteiger partial charge in [-0.15, -0.1) is 0 Å². The maximum atomic E-state index is 6.23. The second kappa shape index (κ2) is 6.63. The molecule has 2 aromatic rings. The minimum absolute atomic E-state index is 0.264. The standard InChI is InChI=1S/C15H19ClN4O/c1-9(2)13-14(17-3)18-8-19-15(13)20-12-7-10(21-4)5-6-11(12)16/h5-9H,1-4H3,(H2,17,18,19,20). The fraction of sp³-hybridized carbons (Fsp3) is 0.333. The van der Waals surface area contributed by atoms with Crippen molar-refractivity contribution in [1.82, 2.24) is 9.97 Å². The van der Waals surface area contributed by atoms with Crippen molar-refractivity contribution in [2.45, 2.75) is 19.8 Å². The van der Waals surface area contributed by atoms with Gasteiger partial charge in [-0.05, 0) is 18.1 Å². The van der Waals surface area contributed by atoms with Gasteiger partial charge in [0.1, 0.15) is 23.7 Å². The predicted molar refractivity (Wildman–Crippen MR) is 87.0 cm³/mol. The maximum absolute atomic E-state index is 6.23. The van der Waals surface area contributed by atoms with Crippen LogP contribution in [0.3, 0.4) is 0 Å². The van der Waals surface area contributed by atoms with Crippen LogP contribution in [0.15, 0.2) is 24.5 Å². The Hall–Kier alpha value is -2.01. The second-order valence-corrected chi connectivity index (χ2v) is 5.27. The summed E-state index contributed by atoms with van der Waals surface area (Å²) < 4.78 is 5.23. The molecule has 0 saturated heterocycles. The van der Waals surface area contributed by atoms with E-state index in [1.165, 1.54) is 6.33 Å². The van der Waals surface area contributed by atoms with Crippen LogP contribution < -0.4 is 15.4 Å². The van der Waals surface area contributed by atoms with Gasteiger partial charge in [-0.25, -0.2) is 9.97 Å². The topological polar surface area (TPSA) is 59.1 Å². The molecule has 1 heterocycles. The van der Waals surface area contributed by atoms with Gasteiger partial charge in [-0.3, -0.25) is 0 Å². The molecule has 0 aliphatic rings. The van der Waals surface area contributed by atoms with Gasteiger partial charge in [-0.2, -0.15) is 0 Å². The summed E-state index contributed by atoms with van der Waals surface area (Å²) in [4.78, 5) is 8.60. The molecule has 0 spiro atoms. The Bertz CT molecular complexity index is 631. The van der Waals surface area contributed by atoms with E-state index in [-0.39, 0.29) is 5.92 Å². The van der Waals surface area contributed by atoms with Crippen LogP contribution in [0.5, 0.6) is 5.75 Å². The Labute approximate surface area is 129 Å². The minimum Gasteiger partial charge on any atom is -0.497 e. The number of hydrogen-bond donors (Lipinski definition) is 2. The molecule has 112 valence electrons. The highest BCUT2D eigenvalue weighted by Crippen LogP contribution is 2.33. The molecule has 1 aromatic heterocycles. The van der Waals surface area contributed by atoms with Crippen molar-refractivity contribution in [3.8, 4) is 5.75 Å². The molecular weight excluding hydrogens is 288 g/mol. The monoisotopic (exact) mass is 306 g/mol. The van der Waals surface area contributed by atoms with Crippen LogP contribution in [0.2, 0.25) is 5.02 Å². The number of nitrogens with zero attached hydrogens (tertiary/aromatic N) is 2. The van der Waals surface area contributed by atoms with E-state index in [9.17, 15) is 0 Å². The maximum Gasteiger partial charge on any atom is 0.139 e. The lowest BCUT2D eigenvalue weighted by Gasteiger charge is -2.17. The highest BCUT2D eigenvalue weighted by Gasteiger charge is 2.15. The molecule has 0 amide bonds. The van der Waals surface area contributed by atoms with Crippen molar-refractivity contribution in [1.29, 1.82) is 0 Å². The summed E-state index contributed by atoms with van der Waals surface area (Å²) >= 11 is 6.23. The highest BCUT2D eigenvalue weighted by molar-refractivity contribution is 6.33. The molecule has 2 N–H and O–H groups in total. The molecule has 0 unspecified atom stereocenters. The van der Waals surface area contributed by atoms with Gasteiger partial charge in [-0.1, -0.05) is 25.4 Å². The van der Waals surface area contributed by atoms with Crippen LogP contribution in [-0.4, -0.2) is 24.1 Å². The summed E-state index contributed by atoms with van der Waals surface area (Å²) in [7, 11) is 3.47. The lowest BCUT2D eigenvalue weighted by molar-refractivity contribution is 0.415. The molecule has 0 aliphatic heterocycles. The number of benzene rings is 1. The number of methoxy groups -OCH3 is 1. The number of halogens is 1. The Morgan fingerprint density at radius 2 is 1.90 bits per heavy atom. The summed E-state index contributed by atoms with van der Waals surface area (Å²) in [5.41, 5.74) is 1.76. The lowest BCUT2D eigenvalue weighted by atomic mass is 10.0. The summed E-state index contributed by atoms with van der Waals surface area (Å²) in [6.45, 7) is 4.19. The molecule has 0 aliphatic carbocycles. The first kappa shape index (κ1) is 15.4. The van der Waals surface area contributed by atoms with Gasteiger partial charge in [0, 0.05) is 18.7 Å². The van der Waals surface area contributed by atoms with E-state index in [1.54, 1.807) is 13.2 Å². The zero-order chi connectivity index (χ0) is 15.4. The summed E-state index contributed by atoms with van der Waals surface area (Å²) in [5.74, 6) is 2.54. The SMILES string of the molecule is CNc1ncnc(Nc2cc(OC)ccc2Cl)c1C(C)C. The lowest BCUT2D eigenvalue weighted by Crippen LogP contribution is -2.07. The van der Waals surface area contributed by atoms with Crippen LogP contribution in [0.25, 0.3) is 0 Å². The molecule has 0 atom stereocenters. The van der Waals surface area contributed by atoms with Gasteiger partial charge in [0.25, 0.3) is 0 Å². The fourth-order valence-corrected chi connectivity index (χ4v) is 2.26. The third-order valence-corrected chi connectivity index (χ3v) is 3.45. The number of ether oxygens (including phenoxy) is 1. The normalized spacial score (nSPS) is 10.6. The molecule has 21 heavy (non-hydrogen) atoms. The largest absolute Gasteiger partial charge is 0.497 e. The third kappa shape index (κ3) is 3.36. The van der Waals surface area contributed by atoms with Crippen LogP contribution in [0.1, 0.15) is 25.3 Å². The molecule has 0 bridgehead atoms. The van der Waals surface area contributed by atoms with Crippen molar-refractivity contribution in [2.24, 2.45) is 0 Å². The number of anilines is 3. The number of rotatable bonds is 5. The molecule has 5 nitrogen and oxygen atoms in total. The van der Waals surface area contributed by atoms with Crippen LogP contribution in [0.4, 0.5) is 17.3 Å². The van der Waals surface area contributed by atoms with Crippen LogP contribution in [0, 0.1) is 0 Å². The first-order chi connectivity index (χ1) is 10.1. The van der Waals surface area contributed by atoms with Gasteiger partial charge in [0.15, 0.2) is 0 Å². The quantitative estimate of drug-likeness (QED) is 0.873. The van der Waals surface area contributed by atoms with Crippen molar-refractivity contribution < 1.29 is 4.74 Å². The van der Waals surface area contributed by atoms with Crippen molar-refractivity contribution in [3.05, 3.63) is 35.1 Å². The Balaban J connectivity index is 2.44. The summed E-state index contributed by atoms with van der Waals surface area (Å²) in [6, 6.07) is 5.45.